The van der Waals surface area contributed by atoms with Crippen LogP contribution in [0.2, 0.25) is 0 Å². The van der Waals surface area contributed by atoms with Gasteiger partial charge in [0.1, 0.15) is 0 Å². The lowest BCUT2D eigenvalue weighted by Gasteiger charge is -2.29. The number of fused-ring (bicyclic) bond motifs is 1. The monoisotopic (exact) mass is 364 g/mol. The average molecular weight is 364 g/mol. The lowest BCUT2D eigenvalue weighted by molar-refractivity contribution is 0.0773. The molecule has 0 aliphatic carbocycles. The van der Waals surface area contributed by atoms with Crippen LogP contribution in [0.15, 0.2) is 36.5 Å². The fraction of sp³-hybridized carbons (Fsp3) is 0.400. The van der Waals surface area contributed by atoms with Gasteiger partial charge in [-0.25, -0.2) is 9.50 Å². The summed E-state index contributed by atoms with van der Waals surface area (Å²) in [6.45, 7) is 4.68. The molecule has 3 aromatic rings. The molecule has 4 rings (SSSR count). The quantitative estimate of drug-likeness (QED) is 0.712. The second-order valence-electron chi connectivity index (χ2n) is 7.11. The van der Waals surface area contributed by atoms with E-state index in [0.717, 1.165) is 24.3 Å². The number of hydrogen-bond donors (Lipinski definition) is 0. The van der Waals surface area contributed by atoms with Crippen LogP contribution in [0.5, 0.6) is 0 Å². The van der Waals surface area contributed by atoms with Gasteiger partial charge in [-0.2, -0.15) is 4.98 Å². The molecule has 140 valence electrons. The molecule has 1 aromatic carbocycles. The maximum atomic E-state index is 12.7. The van der Waals surface area contributed by atoms with Gasteiger partial charge in [0.2, 0.25) is 5.82 Å². The van der Waals surface area contributed by atoms with Gasteiger partial charge in [0.15, 0.2) is 0 Å². The maximum absolute atomic E-state index is 12.7. The lowest BCUT2D eigenvalue weighted by atomic mass is 10.1. The summed E-state index contributed by atoms with van der Waals surface area (Å²) in [6, 6.07) is 10.3. The van der Waals surface area contributed by atoms with Crippen LogP contribution in [-0.4, -0.2) is 50.5 Å². The van der Waals surface area contributed by atoms with E-state index in [2.05, 4.69) is 44.2 Å². The highest BCUT2D eigenvalue weighted by atomic mass is 16.2. The van der Waals surface area contributed by atoms with E-state index < -0.39 is 0 Å². The summed E-state index contributed by atoms with van der Waals surface area (Å²) in [5.74, 6) is 0.405. The molecular weight excluding hydrogens is 340 g/mol. The number of benzene rings is 1. The van der Waals surface area contributed by atoms with E-state index in [9.17, 15) is 4.79 Å². The summed E-state index contributed by atoms with van der Waals surface area (Å²) >= 11 is 0. The predicted octanol–water partition coefficient (Wildman–Crippen LogP) is 2.70. The van der Waals surface area contributed by atoms with Crippen molar-refractivity contribution in [3.05, 3.63) is 53.6 Å². The fourth-order valence-corrected chi connectivity index (χ4v) is 3.48. The molecule has 1 saturated heterocycles. The molecule has 0 N–H and O–H groups in total. The standard InChI is InChI=1S/C20H24N6O/c1-15-10-11-21-20-22-18(23-26(15)20)19(27)24(2)14-16-6-8-17(9-7-16)25-12-4-3-5-13-25/h6-11H,3-5,12-14H2,1-2H3. The van der Waals surface area contributed by atoms with Crippen LogP contribution in [-0.2, 0) is 6.54 Å². The van der Waals surface area contributed by atoms with Gasteiger partial charge in [0.25, 0.3) is 11.7 Å². The molecule has 1 amide bonds. The van der Waals surface area contributed by atoms with E-state index in [0.29, 0.717) is 12.3 Å². The van der Waals surface area contributed by atoms with E-state index in [1.165, 1.54) is 24.9 Å². The summed E-state index contributed by atoms with van der Waals surface area (Å²) in [7, 11) is 1.77. The zero-order valence-corrected chi connectivity index (χ0v) is 15.8. The summed E-state index contributed by atoms with van der Waals surface area (Å²) < 4.78 is 1.59. The van der Waals surface area contributed by atoms with E-state index in [-0.39, 0.29) is 11.7 Å². The molecular formula is C20H24N6O. The van der Waals surface area contributed by atoms with Gasteiger partial charge in [0.05, 0.1) is 0 Å². The largest absolute Gasteiger partial charge is 0.372 e. The summed E-state index contributed by atoms with van der Waals surface area (Å²) in [5.41, 5.74) is 3.24. The van der Waals surface area contributed by atoms with Crippen molar-refractivity contribution in [3.8, 4) is 0 Å². The number of hydrogen-bond acceptors (Lipinski definition) is 5. The number of anilines is 1. The van der Waals surface area contributed by atoms with Gasteiger partial charge < -0.3 is 9.80 Å². The molecule has 2 aromatic heterocycles. The van der Waals surface area contributed by atoms with Gasteiger partial charge in [-0.1, -0.05) is 12.1 Å². The van der Waals surface area contributed by atoms with Crippen molar-refractivity contribution in [1.29, 1.82) is 0 Å². The van der Waals surface area contributed by atoms with Gasteiger partial charge in [-0.3, -0.25) is 4.79 Å². The number of rotatable bonds is 4. The van der Waals surface area contributed by atoms with Gasteiger partial charge in [0, 0.05) is 44.3 Å². The molecule has 27 heavy (non-hydrogen) atoms. The molecule has 0 radical (unpaired) electrons. The third-order valence-electron chi connectivity index (χ3n) is 5.05. The molecule has 7 nitrogen and oxygen atoms in total. The van der Waals surface area contributed by atoms with E-state index >= 15 is 0 Å². The third-order valence-corrected chi connectivity index (χ3v) is 5.05. The molecule has 0 unspecified atom stereocenters. The minimum Gasteiger partial charge on any atom is -0.372 e. The average Bonchev–Trinajstić information content (AvgIpc) is 3.14. The minimum atomic E-state index is -0.208. The molecule has 0 saturated carbocycles. The van der Waals surface area contributed by atoms with Crippen molar-refractivity contribution in [1.82, 2.24) is 24.5 Å². The number of aromatic nitrogens is 4. The van der Waals surface area contributed by atoms with Crippen molar-refractivity contribution in [2.45, 2.75) is 32.7 Å². The SMILES string of the molecule is Cc1ccnc2nc(C(=O)N(C)Cc3ccc(N4CCCCC4)cc3)nn12. The first-order chi connectivity index (χ1) is 13.1. The first kappa shape index (κ1) is 17.5. The summed E-state index contributed by atoms with van der Waals surface area (Å²) in [4.78, 5) is 25.2. The number of amides is 1. The molecule has 1 fully saturated rings. The smallest absolute Gasteiger partial charge is 0.293 e. The Hall–Kier alpha value is -2.96. The highest BCUT2D eigenvalue weighted by molar-refractivity contribution is 5.90. The molecule has 0 spiro atoms. The Morgan fingerprint density at radius 1 is 1.11 bits per heavy atom. The van der Waals surface area contributed by atoms with Crippen LogP contribution in [0.25, 0.3) is 5.78 Å². The zero-order chi connectivity index (χ0) is 18.8. The Labute approximate surface area is 158 Å². The number of carbonyl (C=O) groups excluding carboxylic acids is 1. The van der Waals surface area contributed by atoms with E-state index in [1.54, 1.807) is 22.7 Å². The second kappa shape index (κ2) is 7.34. The van der Waals surface area contributed by atoms with Gasteiger partial charge >= 0.3 is 0 Å². The maximum Gasteiger partial charge on any atom is 0.293 e. The van der Waals surface area contributed by atoms with Crippen molar-refractivity contribution in [3.63, 3.8) is 0 Å². The Kier molecular flexibility index (Phi) is 4.75. The second-order valence-corrected chi connectivity index (χ2v) is 7.11. The zero-order valence-electron chi connectivity index (χ0n) is 15.8. The first-order valence-electron chi connectivity index (χ1n) is 9.39. The first-order valence-corrected chi connectivity index (χ1v) is 9.39. The Morgan fingerprint density at radius 3 is 2.56 bits per heavy atom. The lowest BCUT2D eigenvalue weighted by Crippen LogP contribution is -2.29. The summed E-state index contributed by atoms with van der Waals surface area (Å²) in [5, 5.41) is 4.30. The van der Waals surface area contributed by atoms with Crippen molar-refractivity contribution in [2.75, 3.05) is 25.0 Å². The van der Waals surface area contributed by atoms with E-state index in [4.69, 9.17) is 0 Å². The number of piperidine rings is 1. The Morgan fingerprint density at radius 2 is 1.85 bits per heavy atom. The Bertz CT molecular complexity index is 943. The number of nitrogens with zero attached hydrogens (tertiary/aromatic N) is 6. The molecule has 3 heterocycles. The van der Waals surface area contributed by atoms with Crippen LogP contribution in [0, 0.1) is 6.92 Å². The summed E-state index contributed by atoms with van der Waals surface area (Å²) in [6.07, 6.45) is 5.52. The van der Waals surface area contributed by atoms with Crippen molar-refractivity contribution < 1.29 is 4.79 Å². The highest BCUT2D eigenvalue weighted by Crippen LogP contribution is 2.20. The van der Waals surface area contributed by atoms with Crippen LogP contribution >= 0.6 is 0 Å². The topological polar surface area (TPSA) is 66.6 Å². The number of carbonyl (C=O) groups is 1. The fourth-order valence-electron chi connectivity index (χ4n) is 3.48. The molecule has 0 atom stereocenters. The Balaban J connectivity index is 1.45. The molecule has 1 aliphatic heterocycles. The van der Waals surface area contributed by atoms with E-state index in [1.807, 2.05) is 13.0 Å². The number of aryl methyl sites for hydroxylation is 1. The van der Waals surface area contributed by atoms with Gasteiger partial charge in [-0.15, -0.1) is 5.10 Å². The van der Waals surface area contributed by atoms with Crippen LogP contribution in [0.1, 0.15) is 41.1 Å². The van der Waals surface area contributed by atoms with Crippen molar-refractivity contribution >= 4 is 17.4 Å². The van der Waals surface area contributed by atoms with Crippen LogP contribution < -0.4 is 4.90 Å². The predicted molar refractivity (Wildman–Crippen MR) is 104 cm³/mol. The van der Waals surface area contributed by atoms with Crippen molar-refractivity contribution in [2.24, 2.45) is 0 Å². The highest BCUT2D eigenvalue weighted by Gasteiger charge is 2.19. The van der Waals surface area contributed by atoms with Crippen LogP contribution in [0.4, 0.5) is 5.69 Å². The molecule has 7 heteroatoms. The molecule has 0 bridgehead atoms. The van der Waals surface area contributed by atoms with Crippen LogP contribution in [0.3, 0.4) is 0 Å². The third kappa shape index (κ3) is 3.63. The molecule has 1 aliphatic rings. The minimum absolute atomic E-state index is 0.171. The van der Waals surface area contributed by atoms with Gasteiger partial charge in [-0.05, 0) is 49.9 Å². The normalized spacial score (nSPS) is 14.5.